The molecule has 0 spiro atoms. The Morgan fingerprint density at radius 3 is 2.45 bits per heavy atom. The molecule has 2 fully saturated rings. The van der Waals surface area contributed by atoms with Crippen LogP contribution in [0.2, 0.25) is 0 Å². The predicted octanol–water partition coefficient (Wildman–Crippen LogP) is 2.44. The van der Waals surface area contributed by atoms with Crippen molar-refractivity contribution in [2.45, 2.75) is 30.6 Å². The molecule has 5 heteroatoms. The van der Waals surface area contributed by atoms with E-state index in [1.807, 2.05) is 12.1 Å². The summed E-state index contributed by atoms with van der Waals surface area (Å²) < 4.78 is 25.6. The molecule has 2 bridgehead atoms. The van der Waals surface area contributed by atoms with Crippen molar-refractivity contribution in [3.63, 3.8) is 0 Å². The number of sulfonamides is 1. The third-order valence-corrected chi connectivity index (χ3v) is 6.32. The van der Waals surface area contributed by atoms with Crippen molar-refractivity contribution in [2.75, 3.05) is 18.9 Å². The van der Waals surface area contributed by atoms with E-state index >= 15 is 0 Å². The van der Waals surface area contributed by atoms with Crippen LogP contribution in [-0.4, -0.2) is 22.0 Å². The normalized spacial score (nSPS) is 28.8. The van der Waals surface area contributed by atoms with Crippen molar-refractivity contribution in [1.82, 2.24) is 4.72 Å². The lowest BCUT2D eigenvalue weighted by Crippen LogP contribution is -2.20. The fourth-order valence-corrected chi connectivity index (χ4v) is 4.48. The predicted molar refractivity (Wildman–Crippen MR) is 80.1 cm³/mol. The van der Waals surface area contributed by atoms with Gasteiger partial charge in [-0.25, -0.2) is 13.1 Å². The molecule has 0 radical (unpaired) electrons. The Hall–Kier alpha value is -1.07. The molecule has 1 aromatic rings. The first kappa shape index (κ1) is 13.9. The summed E-state index contributed by atoms with van der Waals surface area (Å²) in [6, 6.07) is 6.98. The van der Waals surface area contributed by atoms with Crippen LogP contribution in [0.5, 0.6) is 0 Å². The van der Waals surface area contributed by atoms with Crippen LogP contribution in [0.1, 0.15) is 25.7 Å². The molecule has 1 aromatic carbocycles. The average Bonchev–Trinajstić information content (AvgIpc) is 3.08. The van der Waals surface area contributed by atoms with Crippen LogP contribution >= 0.6 is 0 Å². The van der Waals surface area contributed by atoms with E-state index < -0.39 is 10.0 Å². The number of hydrogen-bond acceptors (Lipinski definition) is 3. The van der Waals surface area contributed by atoms with Gasteiger partial charge in [-0.3, -0.25) is 0 Å². The second-order valence-corrected chi connectivity index (χ2v) is 7.93. The zero-order chi connectivity index (χ0) is 14.2. The first-order valence-electron chi connectivity index (χ1n) is 7.36. The number of anilines is 1. The summed E-state index contributed by atoms with van der Waals surface area (Å²) in [6.45, 7) is 1.01. The van der Waals surface area contributed by atoms with Gasteiger partial charge >= 0.3 is 0 Å². The monoisotopic (exact) mass is 294 g/mol. The molecular formula is C15H22N2O2S. The number of benzene rings is 1. The maximum atomic E-state index is 11.6. The van der Waals surface area contributed by atoms with Gasteiger partial charge in [-0.05, 0) is 68.3 Å². The van der Waals surface area contributed by atoms with Crippen molar-refractivity contribution in [1.29, 1.82) is 0 Å². The number of rotatable bonds is 5. The van der Waals surface area contributed by atoms with Gasteiger partial charge in [0.15, 0.2) is 0 Å². The Kier molecular flexibility index (Phi) is 3.73. The number of fused-ring (bicyclic) bond motifs is 2. The lowest BCUT2D eigenvalue weighted by molar-refractivity contribution is 0.348. The van der Waals surface area contributed by atoms with Crippen LogP contribution in [0.15, 0.2) is 29.2 Å². The topological polar surface area (TPSA) is 58.2 Å². The van der Waals surface area contributed by atoms with Crippen molar-refractivity contribution in [2.24, 2.45) is 17.8 Å². The number of hydrogen-bond donors (Lipinski definition) is 2. The maximum absolute atomic E-state index is 11.6. The lowest BCUT2D eigenvalue weighted by Gasteiger charge is -2.22. The third kappa shape index (κ3) is 2.69. The Balaban J connectivity index is 1.59. The van der Waals surface area contributed by atoms with Gasteiger partial charge in [0.05, 0.1) is 4.90 Å². The van der Waals surface area contributed by atoms with Gasteiger partial charge in [-0.15, -0.1) is 0 Å². The molecule has 110 valence electrons. The fourth-order valence-electron chi connectivity index (χ4n) is 3.75. The summed E-state index contributed by atoms with van der Waals surface area (Å²) in [5, 5.41) is 3.45. The molecule has 0 saturated heterocycles. The molecule has 0 aromatic heterocycles. The van der Waals surface area contributed by atoms with E-state index in [0.717, 1.165) is 30.0 Å². The minimum atomic E-state index is -3.33. The first-order chi connectivity index (χ1) is 9.58. The molecular weight excluding hydrogens is 272 g/mol. The quantitative estimate of drug-likeness (QED) is 0.877. The molecule has 0 amide bonds. The van der Waals surface area contributed by atoms with Crippen LogP contribution in [0.4, 0.5) is 5.69 Å². The Morgan fingerprint density at radius 1 is 1.15 bits per heavy atom. The van der Waals surface area contributed by atoms with Crippen molar-refractivity contribution >= 4 is 15.7 Å². The minimum Gasteiger partial charge on any atom is -0.385 e. The van der Waals surface area contributed by atoms with Crippen LogP contribution in [0, 0.1) is 17.8 Å². The zero-order valence-electron chi connectivity index (χ0n) is 11.8. The minimum absolute atomic E-state index is 0.311. The van der Waals surface area contributed by atoms with E-state index in [0.29, 0.717) is 4.90 Å². The third-order valence-electron chi connectivity index (χ3n) is 4.89. The van der Waals surface area contributed by atoms with E-state index in [1.54, 1.807) is 12.1 Å². The van der Waals surface area contributed by atoms with Gasteiger partial charge in [0.1, 0.15) is 0 Å². The van der Waals surface area contributed by atoms with Gasteiger partial charge in [-0.1, -0.05) is 6.42 Å². The van der Waals surface area contributed by atoms with Gasteiger partial charge in [-0.2, -0.15) is 0 Å². The SMILES string of the molecule is CNS(=O)(=O)c1ccc(NCC2CC3CCC2C3)cc1. The van der Waals surface area contributed by atoms with Crippen molar-refractivity contribution in [3.05, 3.63) is 24.3 Å². The average molecular weight is 294 g/mol. The van der Waals surface area contributed by atoms with Crippen LogP contribution in [-0.2, 0) is 10.0 Å². The smallest absolute Gasteiger partial charge is 0.240 e. The number of nitrogens with one attached hydrogen (secondary N) is 2. The molecule has 20 heavy (non-hydrogen) atoms. The highest BCUT2D eigenvalue weighted by molar-refractivity contribution is 7.89. The summed E-state index contributed by atoms with van der Waals surface area (Å²) in [5.74, 6) is 2.68. The van der Waals surface area contributed by atoms with Gasteiger partial charge in [0, 0.05) is 12.2 Å². The van der Waals surface area contributed by atoms with Crippen molar-refractivity contribution in [3.8, 4) is 0 Å². The lowest BCUT2D eigenvalue weighted by atomic mass is 9.89. The molecule has 0 heterocycles. The van der Waals surface area contributed by atoms with Crippen LogP contribution in [0.3, 0.4) is 0 Å². The summed E-state index contributed by atoms with van der Waals surface area (Å²) in [6.07, 6.45) is 5.61. The molecule has 3 atom stereocenters. The van der Waals surface area contributed by atoms with E-state index in [1.165, 1.54) is 32.7 Å². The van der Waals surface area contributed by atoms with Crippen molar-refractivity contribution < 1.29 is 8.42 Å². The molecule has 2 N–H and O–H groups in total. The molecule has 2 aliphatic rings. The van der Waals surface area contributed by atoms with E-state index in [2.05, 4.69) is 10.0 Å². The van der Waals surface area contributed by atoms with Gasteiger partial charge < -0.3 is 5.32 Å². The van der Waals surface area contributed by atoms with Gasteiger partial charge in [0.25, 0.3) is 0 Å². The molecule has 0 aliphatic heterocycles. The second-order valence-electron chi connectivity index (χ2n) is 6.05. The van der Waals surface area contributed by atoms with E-state index in [-0.39, 0.29) is 0 Å². The summed E-state index contributed by atoms with van der Waals surface area (Å²) in [5.41, 5.74) is 1.00. The first-order valence-corrected chi connectivity index (χ1v) is 8.84. The van der Waals surface area contributed by atoms with E-state index in [9.17, 15) is 8.42 Å². The molecule has 2 saturated carbocycles. The molecule has 4 nitrogen and oxygen atoms in total. The largest absolute Gasteiger partial charge is 0.385 e. The highest BCUT2D eigenvalue weighted by Crippen LogP contribution is 2.48. The van der Waals surface area contributed by atoms with Crippen LogP contribution in [0.25, 0.3) is 0 Å². The fraction of sp³-hybridized carbons (Fsp3) is 0.600. The Labute approximate surface area is 121 Å². The Morgan fingerprint density at radius 2 is 1.90 bits per heavy atom. The second kappa shape index (κ2) is 5.37. The molecule has 3 unspecified atom stereocenters. The van der Waals surface area contributed by atoms with E-state index in [4.69, 9.17) is 0 Å². The summed E-state index contributed by atoms with van der Waals surface area (Å²) in [4.78, 5) is 0.311. The van der Waals surface area contributed by atoms with Gasteiger partial charge in [0.2, 0.25) is 10.0 Å². The summed E-state index contributed by atoms with van der Waals surface area (Å²) in [7, 11) is -1.90. The highest BCUT2D eigenvalue weighted by Gasteiger charge is 2.38. The molecule has 3 rings (SSSR count). The molecule has 2 aliphatic carbocycles. The highest BCUT2D eigenvalue weighted by atomic mass is 32.2. The Bertz CT molecular complexity index is 568. The summed E-state index contributed by atoms with van der Waals surface area (Å²) >= 11 is 0. The standard InChI is InChI=1S/C15H22N2O2S/c1-16-20(18,19)15-6-4-14(5-7-15)17-10-13-9-11-2-3-12(13)8-11/h4-7,11-13,16-17H,2-3,8-10H2,1H3. The van der Waals surface area contributed by atoms with Crippen LogP contribution < -0.4 is 10.0 Å². The zero-order valence-corrected chi connectivity index (χ0v) is 12.6. The maximum Gasteiger partial charge on any atom is 0.240 e.